The summed E-state index contributed by atoms with van der Waals surface area (Å²) in [5.41, 5.74) is 3.57. The SMILES string of the molecule is Cc1cc(CC(=O)Nc2n[nH]c(-c3ccccc3)c2C)on1. The van der Waals surface area contributed by atoms with E-state index in [0.29, 0.717) is 11.6 Å². The molecule has 0 fully saturated rings. The van der Waals surface area contributed by atoms with Gasteiger partial charge in [0.2, 0.25) is 5.91 Å². The lowest BCUT2D eigenvalue weighted by molar-refractivity contribution is -0.115. The van der Waals surface area contributed by atoms with Gasteiger partial charge in [-0.15, -0.1) is 0 Å². The van der Waals surface area contributed by atoms with Gasteiger partial charge in [-0.2, -0.15) is 5.10 Å². The number of hydrogen-bond donors (Lipinski definition) is 2. The van der Waals surface area contributed by atoms with Crippen LogP contribution >= 0.6 is 0 Å². The number of nitrogens with one attached hydrogen (secondary N) is 2. The average molecular weight is 296 g/mol. The Morgan fingerprint density at radius 3 is 2.73 bits per heavy atom. The smallest absolute Gasteiger partial charge is 0.233 e. The van der Waals surface area contributed by atoms with E-state index in [4.69, 9.17) is 4.52 Å². The molecule has 1 aromatic carbocycles. The van der Waals surface area contributed by atoms with Gasteiger partial charge in [0.05, 0.1) is 17.8 Å². The minimum atomic E-state index is -0.189. The van der Waals surface area contributed by atoms with Crippen LogP contribution in [-0.2, 0) is 11.2 Å². The van der Waals surface area contributed by atoms with Crippen molar-refractivity contribution in [2.75, 3.05) is 5.32 Å². The molecule has 0 saturated carbocycles. The number of nitrogens with zero attached hydrogens (tertiary/aromatic N) is 2. The number of hydrogen-bond acceptors (Lipinski definition) is 4. The van der Waals surface area contributed by atoms with Crippen molar-refractivity contribution in [2.45, 2.75) is 20.3 Å². The first kappa shape index (κ1) is 14.1. The van der Waals surface area contributed by atoms with Crippen molar-refractivity contribution >= 4 is 11.7 Å². The molecule has 0 aliphatic rings. The number of anilines is 1. The molecule has 0 spiro atoms. The van der Waals surface area contributed by atoms with Crippen LogP contribution < -0.4 is 5.32 Å². The molecule has 0 aliphatic carbocycles. The topological polar surface area (TPSA) is 83.8 Å². The molecule has 112 valence electrons. The Labute approximate surface area is 127 Å². The van der Waals surface area contributed by atoms with Crippen LogP contribution in [0.4, 0.5) is 5.82 Å². The highest BCUT2D eigenvalue weighted by Gasteiger charge is 2.14. The first-order valence-corrected chi connectivity index (χ1v) is 6.96. The molecular formula is C16H16N4O2. The lowest BCUT2D eigenvalue weighted by Crippen LogP contribution is -2.15. The second kappa shape index (κ2) is 5.85. The van der Waals surface area contributed by atoms with Gasteiger partial charge in [0, 0.05) is 11.6 Å². The first-order valence-electron chi connectivity index (χ1n) is 6.96. The lowest BCUT2D eigenvalue weighted by Gasteiger charge is -2.02. The van der Waals surface area contributed by atoms with E-state index in [2.05, 4.69) is 20.7 Å². The van der Waals surface area contributed by atoms with Gasteiger partial charge in [-0.3, -0.25) is 9.89 Å². The first-order chi connectivity index (χ1) is 10.6. The van der Waals surface area contributed by atoms with Crippen molar-refractivity contribution in [3.8, 4) is 11.3 Å². The maximum atomic E-state index is 12.0. The lowest BCUT2D eigenvalue weighted by atomic mass is 10.1. The summed E-state index contributed by atoms with van der Waals surface area (Å²) >= 11 is 0. The summed E-state index contributed by atoms with van der Waals surface area (Å²) < 4.78 is 5.04. The Morgan fingerprint density at radius 1 is 1.27 bits per heavy atom. The van der Waals surface area contributed by atoms with Gasteiger partial charge >= 0.3 is 0 Å². The van der Waals surface area contributed by atoms with E-state index in [-0.39, 0.29) is 12.3 Å². The number of carbonyl (C=O) groups excluding carboxylic acids is 1. The maximum absolute atomic E-state index is 12.0. The molecule has 3 rings (SSSR count). The highest BCUT2D eigenvalue weighted by atomic mass is 16.5. The molecule has 6 heteroatoms. The number of amides is 1. The predicted molar refractivity (Wildman–Crippen MR) is 82.3 cm³/mol. The number of carbonyl (C=O) groups is 1. The van der Waals surface area contributed by atoms with Crippen molar-refractivity contribution in [3.63, 3.8) is 0 Å². The number of H-pyrrole nitrogens is 1. The standard InChI is InChI=1S/C16H16N4O2/c1-10-8-13(22-20-10)9-14(21)17-16-11(2)15(18-19-16)12-6-4-3-5-7-12/h3-8H,9H2,1-2H3,(H2,17,18,19,21). The van der Waals surface area contributed by atoms with E-state index < -0.39 is 0 Å². The molecule has 0 atom stereocenters. The quantitative estimate of drug-likeness (QED) is 0.775. The Hall–Kier alpha value is -2.89. The van der Waals surface area contributed by atoms with Crippen LogP contribution in [-0.4, -0.2) is 21.3 Å². The molecule has 0 radical (unpaired) electrons. The normalized spacial score (nSPS) is 10.6. The highest BCUT2D eigenvalue weighted by molar-refractivity contribution is 5.92. The maximum Gasteiger partial charge on any atom is 0.233 e. The summed E-state index contributed by atoms with van der Waals surface area (Å²) in [5, 5.41) is 13.7. The molecule has 0 unspecified atom stereocenters. The third kappa shape index (κ3) is 2.90. The van der Waals surface area contributed by atoms with Crippen LogP contribution in [0.5, 0.6) is 0 Å². The Bertz CT molecular complexity index is 790. The molecule has 3 aromatic rings. The van der Waals surface area contributed by atoms with E-state index in [1.54, 1.807) is 6.07 Å². The van der Waals surface area contributed by atoms with E-state index in [9.17, 15) is 4.79 Å². The number of rotatable bonds is 4. The fourth-order valence-corrected chi connectivity index (χ4v) is 2.24. The second-order valence-corrected chi connectivity index (χ2v) is 5.10. The predicted octanol–water partition coefficient (Wildman–Crippen LogP) is 2.86. The number of benzene rings is 1. The largest absolute Gasteiger partial charge is 0.361 e. The monoisotopic (exact) mass is 296 g/mol. The van der Waals surface area contributed by atoms with Crippen molar-refractivity contribution in [2.24, 2.45) is 0 Å². The molecule has 6 nitrogen and oxygen atoms in total. The molecule has 0 bridgehead atoms. The Balaban J connectivity index is 1.73. The van der Waals surface area contributed by atoms with Gasteiger partial charge in [-0.1, -0.05) is 35.5 Å². The van der Waals surface area contributed by atoms with Crippen LogP contribution in [0.15, 0.2) is 40.9 Å². The molecular weight excluding hydrogens is 280 g/mol. The molecule has 0 aliphatic heterocycles. The van der Waals surface area contributed by atoms with Crippen molar-refractivity contribution in [1.82, 2.24) is 15.4 Å². The molecule has 0 saturated heterocycles. The zero-order chi connectivity index (χ0) is 15.5. The van der Waals surface area contributed by atoms with E-state index in [0.717, 1.165) is 22.5 Å². The number of aromatic amines is 1. The van der Waals surface area contributed by atoms with Gasteiger partial charge in [0.1, 0.15) is 5.76 Å². The van der Waals surface area contributed by atoms with E-state index in [1.807, 2.05) is 44.2 Å². The van der Waals surface area contributed by atoms with Crippen LogP contribution in [0.2, 0.25) is 0 Å². The summed E-state index contributed by atoms with van der Waals surface area (Å²) in [4.78, 5) is 12.0. The van der Waals surface area contributed by atoms with Crippen LogP contribution in [0.25, 0.3) is 11.3 Å². The third-order valence-corrected chi connectivity index (χ3v) is 3.34. The number of aryl methyl sites for hydroxylation is 1. The fraction of sp³-hybridized carbons (Fsp3) is 0.188. The summed E-state index contributed by atoms with van der Waals surface area (Å²) in [5.74, 6) is 0.872. The van der Waals surface area contributed by atoms with E-state index >= 15 is 0 Å². The van der Waals surface area contributed by atoms with Gasteiger partial charge in [-0.25, -0.2) is 0 Å². The fourth-order valence-electron chi connectivity index (χ4n) is 2.24. The van der Waals surface area contributed by atoms with Crippen molar-refractivity contribution in [1.29, 1.82) is 0 Å². The highest BCUT2D eigenvalue weighted by Crippen LogP contribution is 2.25. The Kier molecular flexibility index (Phi) is 3.74. The Morgan fingerprint density at radius 2 is 2.05 bits per heavy atom. The van der Waals surface area contributed by atoms with Gasteiger partial charge < -0.3 is 9.84 Å². The minimum Gasteiger partial charge on any atom is -0.361 e. The zero-order valence-corrected chi connectivity index (χ0v) is 12.4. The summed E-state index contributed by atoms with van der Waals surface area (Å²) in [6.45, 7) is 3.73. The summed E-state index contributed by atoms with van der Waals surface area (Å²) in [7, 11) is 0. The zero-order valence-electron chi connectivity index (χ0n) is 12.4. The molecule has 22 heavy (non-hydrogen) atoms. The van der Waals surface area contributed by atoms with Crippen molar-refractivity contribution < 1.29 is 9.32 Å². The average Bonchev–Trinajstić information content (AvgIpc) is 3.07. The third-order valence-electron chi connectivity index (χ3n) is 3.34. The van der Waals surface area contributed by atoms with E-state index in [1.165, 1.54) is 0 Å². The molecule has 2 heterocycles. The summed E-state index contributed by atoms with van der Waals surface area (Å²) in [6.07, 6.45) is 0.133. The summed E-state index contributed by atoms with van der Waals surface area (Å²) in [6, 6.07) is 11.6. The molecule has 1 amide bonds. The van der Waals surface area contributed by atoms with Gasteiger partial charge in [-0.05, 0) is 19.4 Å². The van der Waals surface area contributed by atoms with Crippen LogP contribution in [0.1, 0.15) is 17.0 Å². The molecule has 2 N–H and O–H groups in total. The van der Waals surface area contributed by atoms with Crippen molar-refractivity contribution in [3.05, 3.63) is 53.4 Å². The van der Waals surface area contributed by atoms with Crippen LogP contribution in [0.3, 0.4) is 0 Å². The van der Waals surface area contributed by atoms with Gasteiger partial charge in [0.25, 0.3) is 0 Å². The minimum absolute atomic E-state index is 0.133. The molecule has 2 aromatic heterocycles. The number of aromatic nitrogens is 3. The van der Waals surface area contributed by atoms with Gasteiger partial charge in [0.15, 0.2) is 5.82 Å². The second-order valence-electron chi connectivity index (χ2n) is 5.10. The van der Waals surface area contributed by atoms with Crippen LogP contribution in [0, 0.1) is 13.8 Å².